The van der Waals surface area contributed by atoms with Gasteiger partial charge in [-0.2, -0.15) is 0 Å². The van der Waals surface area contributed by atoms with Crippen molar-refractivity contribution in [1.82, 2.24) is 0 Å². The van der Waals surface area contributed by atoms with Crippen molar-refractivity contribution >= 4 is 23.5 Å². The van der Waals surface area contributed by atoms with Crippen LogP contribution in [0.4, 0.5) is 0 Å². The molecule has 0 aromatic rings. The van der Waals surface area contributed by atoms with Gasteiger partial charge in [0.1, 0.15) is 11.6 Å². The number of rotatable bonds is 10. The molecule has 0 unspecified atom stereocenters. The normalized spacial score (nSPS) is 8.50. The number of carbonyl (C=O) groups is 4. The van der Waals surface area contributed by atoms with Crippen LogP contribution in [-0.4, -0.2) is 23.5 Å². The van der Waals surface area contributed by atoms with Gasteiger partial charge in [-0.25, -0.2) is 0 Å². The first-order valence-corrected chi connectivity index (χ1v) is 8.17. The monoisotopic (exact) mass is 378 g/mol. The zero-order chi connectivity index (χ0) is 18.7. The van der Waals surface area contributed by atoms with Crippen LogP contribution >= 0.6 is 0 Å². The summed E-state index contributed by atoms with van der Waals surface area (Å²) in [5, 5.41) is 19.5. The average molecular weight is 378 g/mol. The molecule has 0 amide bonds. The van der Waals surface area contributed by atoms with Crippen molar-refractivity contribution in [1.29, 1.82) is 0 Å². The van der Waals surface area contributed by atoms with Crippen LogP contribution in [0.2, 0.25) is 0 Å². The number of unbranched alkanes of at least 4 members (excludes halogenated alkanes) is 2. The van der Waals surface area contributed by atoms with Gasteiger partial charge in [-0.3, -0.25) is 9.59 Å². The summed E-state index contributed by atoms with van der Waals surface area (Å²) in [4.78, 5) is 40.4. The standard InChI is InChI=1S/2C6H10O3.C5H12.Ti/c2*1-2-3-5(7)4-6(8)9;1-3-5-4-2;/h2*2-4H2,1H3,(H,8,9);3-5H2,1-2H3;/q;;;+2/p-2. The Morgan fingerprint density at radius 1 is 0.625 bits per heavy atom. The van der Waals surface area contributed by atoms with Gasteiger partial charge in [-0.1, -0.05) is 47.0 Å². The van der Waals surface area contributed by atoms with Gasteiger partial charge in [0.15, 0.2) is 0 Å². The molecule has 0 radical (unpaired) electrons. The van der Waals surface area contributed by atoms with E-state index >= 15 is 0 Å². The number of aliphatic carboxylic acids is 2. The van der Waals surface area contributed by atoms with Crippen molar-refractivity contribution in [2.75, 3.05) is 0 Å². The molecule has 0 bridgehead atoms. The van der Waals surface area contributed by atoms with Crippen LogP contribution in [0, 0.1) is 0 Å². The van der Waals surface area contributed by atoms with Crippen molar-refractivity contribution in [3.8, 4) is 0 Å². The summed E-state index contributed by atoms with van der Waals surface area (Å²) in [6, 6.07) is 0. The van der Waals surface area contributed by atoms with E-state index in [4.69, 9.17) is 0 Å². The molecule has 0 aliphatic rings. The molecule has 0 fully saturated rings. The van der Waals surface area contributed by atoms with E-state index in [1.165, 1.54) is 19.3 Å². The van der Waals surface area contributed by atoms with Crippen LogP contribution < -0.4 is 10.2 Å². The summed E-state index contributed by atoms with van der Waals surface area (Å²) in [6.45, 7) is 8.08. The second kappa shape index (κ2) is 24.2. The largest absolute Gasteiger partial charge is 2.00 e. The number of carboxylic acids is 2. The van der Waals surface area contributed by atoms with Gasteiger partial charge in [0, 0.05) is 37.6 Å². The third kappa shape index (κ3) is 37.3. The molecule has 0 N–H and O–H groups in total. The van der Waals surface area contributed by atoms with Gasteiger partial charge < -0.3 is 19.8 Å². The second-order valence-electron chi connectivity index (χ2n) is 5.03. The van der Waals surface area contributed by atoms with Gasteiger partial charge in [0.2, 0.25) is 0 Å². The van der Waals surface area contributed by atoms with E-state index in [0.29, 0.717) is 25.7 Å². The van der Waals surface area contributed by atoms with E-state index in [1.54, 1.807) is 0 Å². The fourth-order valence-electron chi connectivity index (χ4n) is 1.41. The third-order valence-electron chi connectivity index (χ3n) is 2.45. The molecule has 0 aliphatic carbocycles. The zero-order valence-electron chi connectivity index (χ0n) is 15.3. The Labute approximate surface area is 160 Å². The molecule has 0 heterocycles. The summed E-state index contributed by atoms with van der Waals surface area (Å²) in [5.74, 6) is -3.07. The van der Waals surface area contributed by atoms with Crippen LogP contribution in [-0.2, 0) is 40.9 Å². The average Bonchev–Trinajstić information content (AvgIpc) is 2.39. The van der Waals surface area contributed by atoms with E-state index in [1.807, 2.05) is 13.8 Å². The quantitative estimate of drug-likeness (QED) is 0.417. The van der Waals surface area contributed by atoms with E-state index in [9.17, 15) is 29.4 Å². The molecule has 24 heavy (non-hydrogen) atoms. The molecular formula is C17H30O6Ti. The molecule has 0 saturated carbocycles. The molecule has 0 saturated heterocycles. The van der Waals surface area contributed by atoms with Gasteiger partial charge in [0.05, 0.1) is 0 Å². The molecule has 0 rings (SSSR count). The molecule has 7 heteroatoms. The fourth-order valence-corrected chi connectivity index (χ4v) is 1.41. The van der Waals surface area contributed by atoms with Crippen molar-refractivity contribution in [3.63, 3.8) is 0 Å². The molecule has 0 aliphatic heterocycles. The van der Waals surface area contributed by atoms with E-state index in [2.05, 4.69) is 13.8 Å². The molecular weight excluding hydrogens is 348 g/mol. The Morgan fingerprint density at radius 2 is 0.917 bits per heavy atom. The minimum Gasteiger partial charge on any atom is -0.550 e. The first-order chi connectivity index (χ1) is 10.7. The number of carbonyl (C=O) groups excluding carboxylic acids is 4. The Morgan fingerprint density at radius 3 is 1.04 bits per heavy atom. The fraction of sp³-hybridized carbons (Fsp3) is 0.765. The van der Waals surface area contributed by atoms with Gasteiger partial charge >= 0.3 is 21.7 Å². The van der Waals surface area contributed by atoms with Crippen LogP contribution in [0.1, 0.15) is 85.5 Å². The predicted molar refractivity (Wildman–Crippen MR) is 84.3 cm³/mol. The maximum absolute atomic E-state index is 10.4. The SMILES string of the molecule is CCCC(=O)CC(=O)[O-].CCCC(=O)CC(=O)[O-].CCCCC.[Ti+2]. The topological polar surface area (TPSA) is 114 Å². The van der Waals surface area contributed by atoms with E-state index in [-0.39, 0.29) is 33.3 Å². The van der Waals surface area contributed by atoms with Gasteiger partial charge in [-0.15, -0.1) is 0 Å². The first-order valence-electron chi connectivity index (χ1n) is 8.17. The zero-order valence-corrected chi connectivity index (χ0v) is 16.9. The first kappa shape index (κ1) is 30.8. The predicted octanol–water partition coefficient (Wildman–Crippen LogP) is 1.19. The molecule has 0 atom stereocenters. The molecule has 0 aromatic heterocycles. The second-order valence-corrected chi connectivity index (χ2v) is 5.03. The molecule has 0 spiro atoms. The van der Waals surface area contributed by atoms with Crippen molar-refractivity contribution in [3.05, 3.63) is 0 Å². The third-order valence-corrected chi connectivity index (χ3v) is 2.45. The number of hydrogen-bond donors (Lipinski definition) is 0. The minimum atomic E-state index is -1.28. The maximum atomic E-state index is 10.4. The molecule has 138 valence electrons. The van der Waals surface area contributed by atoms with Crippen molar-refractivity contribution in [2.45, 2.75) is 85.5 Å². The summed E-state index contributed by atoms with van der Waals surface area (Å²) in [5.41, 5.74) is 0. The Kier molecular flexibility index (Phi) is 31.2. The summed E-state index contributed by atoms with van der Waals surface area (Å²) in [6.07, 6.45) is 5.29. The van der Waals surface area contributed by atoms with Crippen LogP contribution in [0.5, 0.6) is 0 Å². The summed E-state index contributed by atoms with van der Waals surface area (Å²) < 4.78 is 0. The summed E-state index contributed by atoms with van der Waals surface area (Å²) in [7, 11) is 0. The Hall–Kier alpha value is -1.01. The molecule has 6 nitrogen and oxygen atoms in total. The number of Topliss-reactive ketones (excluding diaryl/α,β-unsaturated/α-hetero) is 2. The van der Waals surface area contributed by atoms with E-state index < -0.39 is 24.8 Å². The Bertz CT molecular complexity index is 310. The van der Waals surface area contributed by atoms with Gasteiger partial charge in [0.25, 0.3) is 0 Å². The summed E-state index contributed by atoms with van der Waals surface area (Å²) >= 11 is 0. The van der Waals surface area contributed by atoms with Crippen LogP contribution in [0.15, 0.2) is 0 Å². The van der Waals surface area contributed by atoms with E-state index in [0.717, 1.165) is 0 Å². The van der Waals surface area contributed by atoms with Gasteiger partial charge in [-0.05, 0) is 12.8 Å². The number of ketones is 2. The number of hydrogen-bond acceptors (Lipinski definition) is 6. The minimum absolute atomic E-state index is 0. The maximum Gasteiger partial charge on any atom is 2.00 e. The van der Waals surface area contributed by atoms with Crippen LogP contribution in [0.25, 0.3) is 0 Å². The Balaban J connectivity index is -0.000000128. The van der Waals surface area contributed by atoms with Crippen molar-refractivity contribution in [2.24, 2.45) is 0 Å². The molecule has 0 aromatic carbocycles. The number of carboxylic acid groups (broad SMARTS) is 2. The smallest absolute Gasteiger partial charge is 0.550 e. The van der Waals surface area contributed by atoms with Crippen molar-refractivity contribution < 1.29 is 51.1 Å². The van der Waals surface area contributed by atoms with Crippen LogP contribution in [0.3, 0.4) is 0 Å².